The van der Waals surface area contributed by atoms with E-state index < -0.39 is 26.4 Å². The molecule has 0 saturated heterocycles. The Kier molecular flexibility index (Phi) is 5.12. The Morgan fingerprint density at radius 3 is 2.27 bits per heavy atom. The molecule has 2 aromatic rings. The summed E-state index contributed by atoms with van der Waals surface area (Å²) in [6, 6.07) is 11.7. The van der Waals surface area contributed by atoms with Crippen molar-refractivity contribution in [1.29, 1.82) is 0 Å². The van der Waals surface area contributed by atoms with Gasteiger partial charge in [0.15, 0.2) is 0 Å². The molecule has 0 aliphatic carbocycles. The van der Waals surface area contributed by atoms with Crippen LogP contribution in [0.2, 0.25) is 0 Å². The molecule has 2 rings (SSSR count). The van der Waals surface area contributed by atoms with Crippen LogP contribution in [0.15, 0.2) is 53.4 Å². The van der Waals surface area contributed by atoms with Crippen molar-refractivity contribution in [3.8, 4) is 0 Å². The summed E-state index contributed by atoms with van der Waals surface area (Å²) in [5.74, 6) is -4.12. The van der Waals surface area contributed by atoms with E-state index >= 15 is 0 Å². The molecule has 0 atom stereocenters. The lowest BCUT2D eigenvalue weighted by atomic mass is 10.2. The number of para-hydroxylation sites is 1. The van der Waals surface area contributed by atoms with Gasteiger partial charge < -0.3 is 5.32 Å². The summed E-state index contributed by atoms with van der Waals surface area (Å²) >= 11 is 1.95. The highest BCUT2D eigenvalue weighted by Gasteiger charge is 2.29. The van der Waals surface area contributed by atoms with E-state index in [-0.39, 0.29) is 5.69 Å². The zero-order valence-electron chi connectivity index (χ0n) is 11.0. The van der Waals surface area contributed by atoms with Crippen molar-refractivity contribution in [3.63, 3.8) is 0 Å². The fourth-order valence-corrected chi connectivity index (χ4v) is 3.27. The first-order valence-corrected chi connectivity index (χ1v) is 8.63. The Balaban J connectivity index is 2.40. The van der Waals surface area contributed by atoms with Gasteiger partial charge in [0.2, 0.25) is 9.84 Å². The van der Waals surface area contributed by atoms with Crippen LogP contribution in [0.3, 0.4) is 0 Å². The first-order chi connectivity index (χ1) is 10.3. The number of hydrogen-bond donors (Lipinski definition) is 1. The number of hydrogen-bond acceptors (Lipinski definition) is 3. The normalized spacial score (nSPS) is 11.5. The van der Waals surface area contributed by atoms with Gasteiger partial charge >= 0.3 is 5.76 Å². The molecule has 116 valence electrons. The van der Waals surface area contributed by atoms with Gasteiger partial charge in [-0.05, 0) is 46.9 Å². The molecule has 0 aliphatic heterocycles. The summed E-state index contributed by atoms with van der Waals surface area (Å²) in [4.78, 5) is 11.6. The van der Waals surface area contributed by atoms with Gasteiger partial charge in [-0.25, -0.2) is 8.42 Å². The van der Waals surface area contributed by atoms with Gasteiger partial charge in [-0.15, -0.1) is 0 Å². The number of anilines is 1. The average molecular weight is 437 g/mol. The van der Waals surface area contributed by atoms with Crippen molar-refractivity contribution < 1.29 is 22.0 Å². The molecule has 0 unspecified atom stereocenters. The lowest BCUT2D eigenvalue weighted by molar-refractivity contribution is 0.102. The summed E-state index contributed by atoms with van der Waals surface area (Å²) in [6.07, 6.45) is 0. The van der Waals surface area contributed by atoms with Crippen LogP contribution in [-0.2, 0) is 9.84 Å². The molecule has 0 aliphatic rings. The third-order valence-corrected chi connectivity index (χ3v) is 5.17. The molecule has 0 saturated carbocycles. The van der Waals surface area contributed by atoms with Crippen molar-refractivity contribution in [2.24, 2.45) is 0 Å². The number of amides is 1. The van der Waals surface area contributed by atoms with E-state index in [0.29, 0.717) is 9.13 Å². The molecule has 0 heterocycles. The Bertz CT molecular complexity index is 809. The van der Waals surface area contributed by atoms with Crippen molar-refractivity contribution in [1.82, 2.24) is 0 Å². The van der Waals surface area contributed by atoms with Crippen LogP contribution in [0.25, 0.3) is 0 Å². The van der Waals surface area contributed by atoms with Gasteiger partial charge in [-0.3, -0.25) is 4.79 Å². The van der Waals surface area contributed by atoms with E-state index in [1.807, 2.05) is 22.6 Å². The van der Waals surface area contributed by atoms with Crippen molar-refractivity contribution >= 4 is 44.0 Å². The molecule has 1 N–H and O–H groups in total. The molecule has 0 spiro atoms. The molecule has 0 radical (unpaired) electrons. The summed E-state index contributed by atoms with van der Waals surface area (Å²) in [7, 11) is -4.80. The fourth-order valence-electron chi connectivity index (χ4n) is 1.75. The first kappa shape index (κ1) is 16.8. The molecule has 22 heavy (non-hydrogen) atoms. The number of benzene rings is 2. The average Bonchev–Trinajstić information content (AvgIpc) is 2.47. The van der Waals surface area contributed by atoms with Crippen LogP contribution in [0.5, 0.6) is 0 Å². The second-order valence-electron chi connectivity index (χ2n) is 4.24. The van der Waals surface area contributed by atoms with Crippen molar-refractivity contribution in [2.75, 3.05) is 5.32 Å². The lowest BCUT2D eigenvalue weighted by Gasteiger charge is -2.11. The van der Waals surface area contributed by atoms with Gasteiger partial charge in [0.1, 0.15) is 0 Å². The maximum atomic E-state index is 12.7. The first-order valence-electron chi connectivity index (χ1n) is 6.01. The number of alkyl halides is 2. The van der Waals surface area contributed by atoms with E-state index in [2.05, 4.69) is 5.32 Å². The highest BCUT2D eigenvalue weighted by molar-refractivity contribution is 14.1. The maximum Gasteiger partial charge on any atom is 0.341 e. The molecule has 8 heteroatoms. The van der Waals surface area contributed by atoms with E-state index in [1.165, 1.54) is 18.2 Å². The molecule has 1 amide bonds. The Labute approximate surface area is 139 Å². The SMILES string of the molecule is O=C(Nc1ccccc1S(=O)(=O)C(F)F)c1ccccc1I. The third-order valence-electron chi connectivity index (χ3n) is 2.79. The van der Waals surface area contributed by atoms with Crippen LogP contribution >= 0.6 is 22.6 Å². The Morgan fingerprint density at radius 2 is 1.64 bits per heavy atom. The van der Waals surface area contributed by atoms with Crippen LogP contribution < -0.4 is 5.32 Å². The van der Waals surface area contributed by atoms with E-state index in [0.717, 1.165) is 6.07 Å². The predicted molar refractivity (Wildman–Crippen MR) is 86.7 cm³/mol. The number of carbonyl (C=O) groups is 1. The van der Waals surface area contributed by atoms with Crippen LogP contribution in [0.4, 0.5) is 14.5 Å². The molecule has 4 nitrogen and oxygen atoms in total. The van der Waals surface area contributed by atoms with Gasteiger partial charge in [-0.2, -0.15) is 8.78 Å². The molecule has 0 bridgehead atoms. The lowest BCUT2D eigenvalue weighted by Crippen LogP contribution is -2.18. The monoisotopic (exact) mass is 437 g/mol. The smallest absolute Gasteiger partial charge is 0.321 e. The largest absolute Gasteiger partial charge is 0.341 e. The maximum absolute atomic E-state index is 12.7. The highest BCUT2D eigenvalue weighted by atomic mass is 127. The number of nitrogens with one attached hydrogen (secondary N) is 1. The highest BCUT2D eigenvalue weighted by Crippen LogP contribution is 2.26. The van der Waals surface area contributed by atoms with Gasteiger partial charge in [0, 0.05) is 3.57 Å². The zero-order valence-corrected chi connectivity index (χ0v) is 13.9. The minimum absolute atomic E-state index is 0.174. The summed E-state index contributed by atoms with van der Waals surface area (Å²) in [5.41, 5.74) is 0.153. The van der Waals surface area contributed by atoms with Gasteiger partial charge in [-0.1, -0.05) is 24.3 Å². The number of halogens is 3. The second-order valence-corrected chi connectivity index (χ2v) is 7.28. The van der Waals surface area contributed by atoms with Crippen molar-refractivity contribution in [2.45, 2.75) is 10.7 Å². The summed E-state index contributed by atoms with van der Waals surface area (Å²) < 4.78 is 49.3. The predicted octanol–water partition coefficient (Wildman–Crippen LogP) is 3.54. The van der Waals surface area contributed by atoms with Crippen LogP contribution in [-0.4, -0.2) is 20.1 Å². The molecular formula is C14H10F2INO3S. The fraction of sp³-hybridized carbons (Fsp3) is 0.0714. The number of rotatable bonds is 4. The van der Waals surface area contributed by atoms with Crippen LogP contribution in [0, 0.1) is 3.57 Å². The molecular weight excluding hydrogens is 427 g/mol. The van der Waals surface area contributed by atoms with Gasteiger partial charge in [0.05, 0.1) is 16.1 Å². The van der Waals surface area contributed by atoms with E-state index in [1.54, 1.807) is 24.3 Å². The Morgan fingerprint density at radius 1 is 1.05 bits per heavy atom. The number of carbonyl (C=O) groups excluding carboxylic acids is 1. The molecule has 2 aromatic carbocycles. The topological polar surface area (TPSA) is 63.2 Å². The number of sulfone groups is 1. The third kappa shape index (κ3) is 3.43. The van der Waals surface area contributed by atoms with Crippen molar-refractivity contribution in [3.05, 3.63) is 57.7 Å². The van der Waals surface area contributed by atoms with Crippen LogP contribution in [0.1, 0.15) is 10.4 Å². The summed E-state index contributed by atoms with van der Waals surface area (Å²) in [6.45, 7) is 0. The second kappa shape index (κ2) is 6.69. The minimum atomic E-state index is -4.80. The Hall–Kier alpha value is -1.55. The molecule has 0 fully saturated rings. The zero-order chi connectivity index (χ0) is 16.3. The molecule has 0 aromatic heterocycles. The van der Waals surface area contributed by atoms with Gasteiger partial charge in [0.25, 0.3) is 5.91 Å². The summed E-state index contributed by atoms with van der Waals surface area (Å²) in [5, 5.41) is 2.37. The minimum Gasteiger partial charge on any atom is -0.321 e. The standard InChI is InChI=1S/C14H10F2INO3S/c15-14(16)22(20,21)12-8-4-3-7-11(12)18-13(19)9-5-1-2-6-10(9)17/h1-8,14H,(H,18,19). The quantitative estimate of drug-likeness (QED) is 0.745. The van der Waals surface area contributed by atoms with E-state index in [4.69, 9.17) is 0 Å². The van der Waals surface area contributed by atoms with E-state index in [9.17, 15) is 22.0 Å².